The van der Waals surface area contributed by atoms with Crippen molar-refractivity contribution in [3.8, 4) is 11.5 Å². The summed E-state index contributed by atoms with van der Waals surface area (Å²) < 4.78 is 22.4. The Morgan fingerprint density at radius 1 is 0.611 bits per heavy atom. The van der Waals surface area contributed by atoms with E-state index >= 15 is 0 Å². The molecule has 8 heteroatoms. The molecule has 3 aromatic carbocycles. The third kappa shape index (κ3) is 7.83. The van der Waals surface area contributed by atoms with Gasteiger partial charge in [-0.05, 0) is 23.3 Å². The molecule has 0 fully saturated rings. The van der Waals surface area contributed by atoms with Crippen molar-refractivity contribution in [2.24, 2.45) is 0 Å². The predicted octanol–water partition coefficient (Wildman–Crippen LogP) is 3.60. The lowest BCUT2D eigenvalue weighted by Crippen LogP contribution is -2.29. The van der Waals surface area contributed by atoms with Crippen molar-refractivity contribution in [1.82, 2.24) is 10.6 Å². The molecule has 190 valence electrons. The number of nitrogens with one attached hydrogen (secondary N) is 2. The van der Waals surface area contributed by atoms with Crippen LogP contribution in [0.3, 0.4) is 0 Å². The van der Waals surface area contributed by atoms with Gasteiger partial charge in [0.15, 0.2) is 11.5 Å². The maximum atomic E-state index is 13.1. The summed E-state index contributed by atoms with van der Waals surface area (Å²) in [6.45, 7) is 1.76. The molecule has 0 saturated heterocycles. The zero-order chi connectivity index (χ0) is 25.6. The van der Waals surface area contributed by atoms with Crippen molar-refractivity contribution in [2.75, 3.05) is 40.5 Å². The molecule has 0 aliphatic heterocycles. The number of hydrogen-bond donors (Lipinski definition) is 2. The Balaban J connectivity index is 1.99. The zero-order valence-corrected chi connectivity index (χ0v) is 20.6. The zero-order valence-electron chi connectivity index (χ0n) is 20.6. The summed E-state index contributed by atoms with van der Waals surface area (Å²) in [5, 5.41) is 5.63. The van der Waals surface area contributed by atoms with Gasteiger partial charge in [0.25, 0.3) is 11.8 Å². The Morgan fingerprint density at radius 2 is 1.00 bits per heavy atom. The molecule has 36 heavy (non-hydrogen) atoms. The molecule has 3 rings (SSSR count). The van der Waals surface area contributed by atoms with Crippen LogP contribution in [0.2, 0.25) is 0 Å². The predicted molar refractivity (Wildman–Crippen MR) is 136 cm³/mol. The monoisotopic (exact) mass is 492 g/mol. The molecule has 0 heterocycles. The van der Waals surface area contributed by atoms with Crippen LogP contribution in [-0.4, -0.2) is 52.3 Å². The van der Waals surface area contributed by atoms with Gasteiger partial charge in [-0.1, -0.05) is 60.7 Å². The summed E-state index contributed by atoms with van der Waals surface area (Å²) in [7, 11) is 3.13. The Kier molecular flexibility index (Phi) is 10.8. The third-order valence-electron chi connectivity index (χ3n) is 5.24. The number of benzene rings is 3. The Morgan fingerprint density at radius 3 is 1.36 bits per heavy atom. The second-order valence-electron chi connectivity index (χ2n) is 7.86. The van der Waals surface area contributed by atoms with Crippen molar-refractivity contribution in [2.45, 2.75) is 13.2 Å². The van der Waals surface area contributed by atoms with Crippen LogP contribution in [0.25, 0.3) is 0 Å². The Bertz CT molecular complexity index is 1020. The maximum Gasteiger partial charge on any atom is 0.255 e. The van der Waals surface area contributed by atoms with Crippen LogP contribution in [0.4, 0.5) is 0 Å². The first kappa shape index (κ1) is 26.7. The van der Waals surface area contributed by atoms with Gasteiger partial charge < -0.3 is 29.6 Å². The van der Waals surface area contributed by atoms with Gasteiger partial charge >= 0.3 is 0 Å². The van der Waals surface area contributed by atoms with Gasteiger partial charge in [-0.25, -0.2) is 0 Å². The van der Waals surface area contributed by atoms with Gasteiger partial charge in [0.1, 0.15) is 13.2 Å². The van der Waals surface area contributed by atoms with E-state index in [4.69, 9.17) is 18.9 Å². The molecule has 0 aliphatic rings. The van der Waals surface area contributed by atoms with Gasteiger partial charge in [-0.3, -0.25) is 9.59 Å². The van der Waals surface area contributed by atoms with E-state index in [0.717, 1.165) is 11.1 Å². The summed E-state index contributed by atoms with van der Waals surface area (Å²) in [5.74, 6) is -0.315. The fourth-order valence-corrected chi connectivity index (χ4v) is 3.39. The molecule has 0 spiro atoms. The number of carbonyl (C=O) groups is 2. The van der Waals surface area contributed by atoms with Gasteiger partial charge in [0.2, 0.25) is 0 Å². The van der Waals surface area contributed by atoms with Crippen LogP contribution >= 0.6 is 0 Å². The second-order valence-corrected chi connectivity index (χ2v) is 7.86. The Hall–Kier alpha value is -3.88. The lowest BCUT2D eigenvalue weighted by molar-refractivity contribution is 0.0916. The number of rotatable bonds is 14. The average molecular weight is 493 g/mol. The number of amides is 2. The average Bonchev–Trinajstić information content (AvgIpc) is 2.91. The lowest BCUT2D eigenvalue weighted by atomic mass is 10.1. The highest BCUT2D eigenvalue weighted by atomic mass is 16.5. The molecular weight excluding hydrogens is 460 g/mol. The van der Waals surface area contributed by atoms with Gasteiger partial charge in [-0.15, -0.1) is 0 Å². The molecule has 0 bridgehead atoms. The molecule has 8 nitrogen and oxygen atoms in total. The molecule has 2 amide bonds. The van der Waals surface area contributed by atoms with Crippen LogP contribution in [0.1, 0.15) is 31.8 Å². The molecule has 0 saturated carbocycles. The van der Waals surface area contributed by atoms with E-state index in [-0.39, 0.29) is 47.7 Å². The fraction of sp³-hybridized carbons (Fsp3) is 0.286. The van der Waals surface area contributed by atoms with Crippen LogP contribution in [0.5, 0.6) is 11.5 Å². The van der Waals surface area contributed by atoms with Crippen molar-refractivity contribution in [3.63, 3.8) is 0 Å². The molecular formula is C28H32N2O6. The first-order valence-electron chi connectivity index (χ1n) is 11.7. The van der Waals surface area contributed by atoms with E-state index in [0.29, 0.717) is 26.3 Å². The second kappa shape index (κ2) is 14.5. The van der Waals surface area contributed by atoms with Crippen LogP contribution < -0.4 is 20.1 Å². The minimum Gasteiger partial charge on any atom is -0.484 e. The smallest absolute Gasteiger partial charge is 0.255 e. The largest absolute Gasteiger partial charge is 0.484 e. The SMILES string of the molecule is COCCNC(=O)c1ccc(C(=O)NCCOC)c(OCc2ccccc2)c1OCc1ccccc1. The van der Waals surface area contributed by atoms with Crippen LogP contribution in [0, 0.1) is 0 Å². The number of carbonyl (C=O) groups excluding carboxylic acids is 2. The van der Waals surface area contributed by atoms with Crippen LogP contribution in [-0.2, 0) is 22.7 Å². The molecule has 0 atom stereocenters. The minimum absolute atomic E-state index is 0.190. The summed E-state index contributed by atoms with van der Waals surface area (Å²) in [6, 6.07) is 22.3. The highest BCUT2D eigenvalue weighted by Gasteiger charge is 2.24. The summed E-state index contributed by atoms with van der Waals surface area (Å²) in [6.07, 6.45) is 0. The summed E-state index contributed by atoms with van der Waals surface area (Å²) >= 11 is 0. The third-order valence-corrected chi connectivity index (χ3v) is 5.24. The first-order chi connectivity index (χ1) is 17.6. The normalized spacial score (nSPS) is 10.5. The standard InChI is InChI=1S/C28H32N2O6/c1-33-17-15-29-27(31)23-13-14-24(28(32)30-16-18-34-2)26(36-20-22-11-7-4-8-12-22)25(23)35-19-21-9-5-3-6-10-21/h3-14H,15-20H2,1-2H3,(H,29,31)(H,30,32). The first-order valence-corrected chi connectivity index (χ1v) is 11.7. The number of hydrogen-bond acceptors (Lipinski definition) is 6. The number of ether oxygens (including phenoxy) is 4. The fourth-order valence-electron chi connectivity index (χ4n) is 3.39. The van der Waals surface area contributed by atoms with Crippen molar-refractivity contribution in [1.29, 1.82) is 0 Å². The van der Waals surface area contributed by atoms with Crippen LogP contribution in [0.15, 0.2) is 72.8 Å². The van der Waals surface area contributed by atoms with Gasteiger partial charge in [-0.2, -0.15) is 0 Å². The van der Waals surface area contributed by atoms with E-state index in [9.17, 15) is 9.59 Å². The molecule has 0 aromatic heterocycles. The molecule has 2 N–H and O–H groups in total. The quantitative estimate of drug-likeness (QED) is 0.334. The molecule has 0 aliphatic carbocycles. The van der Waals surface area contributed by atoms with E-state index in [1.54, 1.807) is 26.4 Å². The minimum atomic E-state index is -0.356. The van der Waals surface area contributed by atoms with Crippen molar-refractivity contribution in [3.05, 3.63) is 95.1 Å². The lowest BCUT2D eigenvalue weighted by Gasteiger charge is -2.20. The Labute approximate surface area is 211 Å². The van der Waals surface area contributed by atoms with E-state index in [1.807, 2.05) is 60.7 Å². The number of methoxy groups -OCH3 is 2. The maximum absolute atomic E-state index is 13.1. The highest BCUT2D eigenvalue weighted by molar-refractivity contribution is 6.03. The topological polar surface area (TPSA) is 95.1 Å². The van der Waals surface area contributed by atoms with Crippen molar-refractivity contribution >= 4 is 11.8 Å². The summed E-state index contributed by atoms with van der Waals surface area (Å²) in [4.78, 5) is 26.1. The summed E-state index contributed by atoms with van der Waals surface area (Å²) in [5.41, 5.74) is 2.34. The molecule has 0 radical (unpaired) electrons. The van der Waals surface area contributed by atoms with E-state index in [1.165, 1.54) is 0 Å². The molecule has 0 unspecified atom stereocenters. The molecule has 3 aromatic rings. The van der Waals surface area contributed by atoms with Crippen molar-refractivity contribution < 1.29 is 28.5 Å². The highest BCUT2D eigenvalue weighted by Crippen LogP contribution is 2.37. The van der Waals surface area contributed by atoms with Gasteiger partial charge in [0.05, 0.1) is 24.3 Å². The van der Waals surface area contributed by atoms with E-state index < -0.39 is 0 Å². The van der Waals surface area contributed by atoms with Gasteiger partial charge in [0, 0.05) is 27.3 Å². The van der Waals surface area contributed by atoms with E-state index in [2.05, 4.69) is 10.6 Å².